The molecule has 0 aliphatic carbocycles. The molecule has 0 aliphatic heterocycles. The van der Waals surface area contributed by atoms with Gasteiger partial charge < -0.3 is 30.2 Å². The lowest BCUT2D eigenvalue weighted by Crippen LogP contribution is -2.40. The van der Waals surface area contributed by atoms with Crippen LogP contribution in [0, 0.1) is 19.3 Å². The van der Waals surface area contributed by atoms with Gasteiger partial charge in [0.15, 0.2) is 5.84 Å². The normalized spacial score (nSPS) is 11.4. The predicted octanol–water partition coefficient (Wildman–Crippen LogP) is 1.34. The first-order valence-corrected chi connectivity index (χ1v) is 10.7. The first-order chi connectivity index (χ1) is 16.4. The molecule has 0 radical (unpaired) electrons. The molecule has 0 aliphatic rings. The summed E-state index contributed by atoms with van der Waals surface area (Å²) in [6.07, 6.45) is -0.986. The number of primary amides is 1. The third-order valence-electron chi connectivity index (χ3n) is 5.11. The lowest BCUT2D eigenvalue weighted by atomic mass is 10.1. The van der Waals surface area contributed by atoms with Crippen LogP contribution in [0.25, 0.3) is 0 Å². The molecular formula is C23H29N5O7. The molecule has 35 heavy (non-hydrogen) atoms. The van der Waals surface area contributed by atoms with Gasteiger partial charge in [0.1, 0.15) is 6.10 Å². The van der Waals surface area contributed by atoms with Crippen molar-refractivity contribution in [2.75, 3.05) is 18.2 Å². The standard InChI is InChI=1S/C23H29N5O7/c1-6-26-21(31)16-10-27(5)18(13(16)3)19(24)28(23(33)35-11-34-22(32)14(4)29)17-9-15(20(25)30)8-7-12(17)2/h7-10,14,24,29H,6,11H2,1-5H3,(H2,25,30)(H,26,31). The van der Waals surface area contributed by atoms with Crippen molar-refractivity contribution in [3.63, 3.8) is 0 Å². The Kier molecular flexibility index (Phi) is 8.73. The molecule has 5 N–H and O–H groups in total. The van der Waals surface area contributed by atoms with Crippen LogP contribution in [-0.2, 0) is 21.3 Å². The summed E-state index contributed by atoms with van der Waals surface area (Å²) in [4.78, 5) is 49.7. The van der Waals surface area contributed by atoms with E-state index in [-0.39, 0.29) is 28.7 Å². The van der Waals surface area contributed by atoms with Gasteiger partial charge >= 0.3 is 12.1 Å². The zero-order valence-electron chi connectivity index (χ0n) is 20.2. The van der Waals surface area contributed by atoms with E-state index in [4.69, 9.17) is 15.9 Å². The summed E-state index contributed by atoms with van der Waals surface area (Å²) in [5.74, 6) is -2.45. The number of hydrogen-bond acceptors (Lipinski definition) is 8. The van der Waals surface area contributed by atoms with Gasteiger partial charge in [0.05, 0.1) is 16.9 Å². The van der Waals surface area contributed by atoms with E-state index in [0.717, 1.165) is 4.90 Å². The van der Waals surface area contributed by atoms with E-state index >= 15 is 0 Å². The van der Waals surface area contributed by atoms with Crippen LogP contribution in [0.2, 0.25) is 0 Å². The number of rotatable bonds is 8. The minimum absolute atomic E-state index is 0.0864. The van der Waals surface area contributed by atoms with E-state index in [9.17, 15) is 24.3 Å². The number of nitrogens with zero attached hydrogens (tertiary/aromatic N) is 2. The number of hydrogen-bond donors (Lipinski definition) is 4. The number of aryl methyl sites for hydroxylation is 2. The van der Waals surface area contributed by atoms with Gasteiger partial charge in [0.25, 0.3) is 5.91 Å². The molecule has 3 amide bonds. The number of carbonyl (C=O) groups excluding carboxylic acids is 4. The van der Waals surface area contributed by atoms with Gasteiger partial charge in [-0.15, -0.1) is 0 Å². The second-order valence-electron chi connectivity index (χ2n) is 7.70. The number of esters is 1. The second-order valence-corrected chi connectivity index (χ2v) is 7.70. The summed E-state index contributed by atoms with van der Waals surface area (Å²) in [5, 5.41) is 20.8. The number of anilines is 1. The van der Waals surface area contributed by atoms with Crippen molar-refractivity contribution in [1.29, 1.82) is 5.41 Å². The van der Waals surface area contributed by atoms with E-state index in [0.29, 0.717) is 23.2 Å². The maximum Gasteiger partial charge on any atom is 0.423 e. The Labute approximate surface area is 202 Å². The molecule has 188 valence electrons. The Bertz CT molecular complexity index is 1170. The van der Waals surface area contributed by atoms with Crippen molar-refractivity contribution in [3.8, 4) is 0 Å². The topological polar surface area (TPSA) is 177 Å². The SMILES string of the molecule is CCNC(=O)c1cn(C)c(C(=N)N(C(=O)OCOC(=O)C(C)O)c2cc(C(N)=O)ccc2C)c1C. The molecule has 1 aromatic heterocycles. The van der Waals surface area contributed by atoms with E-state index in [1.54, 1.807) is 33.9 Å². The molecule has 0 bridgehead atoms. The number of ether oxygens (including phenoxy) is 2. The molecule has 0 saturated carbocycles. The highest BCUT2D eigenvalue weighted by molar-refractivity contribution is 6.21. The Balaban J connectivity index is 2.55. The Morgan fingerprint density at radius 1 is 1.23 bits per heavy atom. The smallest absolute Gasteiger partial charge is 0.423 e. The molecule has 1 heterocycles. The zero-order chi connectivity index (χ0) is 26.4. The first kappa shape index (κ1) is 27.1. The molecule has 0 saturated heterocycles. The van der Waals surface area contributed by atoms with Crippen molar-refractivity contribution >= 4 is 35.4 Å². The third-order valence-corrected chi connectivity index (χ3v) is 5.11. The average Bonchev–Trinajstić information content (AvgIpc) is 3.08. The van der Waals surface area contributed by atoms with Gasteiger partial charge in [-0.1, -0.05) is 6.07 Å². The zero-order valence-corrected chi connectivity index (χ0v) is 20.2. The summed E-state index contributed by atoms with van der Waals surface area (Å²) in [6.45, 7) is 5.83. The maximum atomic E-state index is 13.1. The molecular weight excluding hydrogens is 458 g/mol. The number of amidine groups is 1. The average molecular weight is 488 g/mol. The van der Waals surface area contributed by atoms with E-state index in [1.807, 2.05) is 0 Å². The molecule has 0 fully saturated rings. The van der Waals surface area contributed by atoms with Gasteiger partial charge in [-0.3, -0.25) is 15.0 Å². The number of nitrogens with one attached hydrogen (secondary N) is 2. The van der Waals surface area contributed by atoms with Crippen molar-refractivity contribution in [2.45, 2.75) is 33.8 Å². The van der Waals surface area contributed by atoms with Crippen LogP contribution in [0.15, 0.2) is 24.4 Å². The molecule has 1 aromatic carbocycles. The van der Waals surface area contributed by atoms with Gasteiger partial charge in [-0.2, -0.15) is 0 Å². The number of benzene rings is 1. The first-order valence-electron chi connectivity index (χ1n) is 10.7. The molecule has 2 aromatic rings. The van der Waals surface area contributed by atoms with Crippen LogP contribution in [-0.4, -0.2) is 58.8 Å². The minimum Gasteiger partial charge on any atom is -0.426 e. The Morgan fingerprint density at radius 2 is 1.89 bits per heavy atom. The van der Waals surface area contributed by atoms with Crippen molar-refractivity contribution < 1.29 is 33.8 Å². The van der Waals surface area contributed by atoms with E-state index < -0.39 is 30.9 Å². The fourth-order valence-electron chi connectivity index (χ4n) is 3.32. The molecule has 0 spiro atoms. The quantitative estimate of drug-likeness (QED) is 0.188. The summed E-state index contributed by atoms with van der Waals surface area (Å²) in [6, 6.07) is 4.35. The summed E-state index contributed by atoms with van der Waals surface area (Å²) in [7, 11) is 1.61. The monoisotopic (exact) mass is 487 g/mol. The third kappa shape index (κ3) is 6.03. The fourth-order valence-corrected chi connectivity index (χ4v) is 3.32. The molecule has 1 atom stereocenters. The van der Waals surface area contributed by atoms with Crippen LogP contribution >= 0.6 is 0 Å². The van der Waals surface area contributed by atoms with Crippen LogP contribution in [0.1, 0.15) is 51.4 Å². The lowest BCUT2D eigenvalue weighted by Gasteiger charge is -2.25. The van der Waals surface area contributed by atoms with Crippen molar-refractivity contribution in [1.82, 2.24) is 9.88 Å². The highest BCUT2D eigenvalue weighted by Gasteiger charge is 2.30. The van der Waals surface area contributed by atoms with Crippen LogP contribution < -0.4 is 16.0 Å². The molecule has 12 nitrogen and oxygen atoms in total. The number of nitrogens with two attached hydrogens (primary N) is 1. The highest BCUT2D eigenvalue weighted by atomic mass is 16.7. The van der Waals surface area contributed by atoms with Crippen LogP contribution in [0.3, 0.4) is 0 Å². The Hall–Kier alpha value is -4.19. The number of aromatic nitrogens is 1. The van der Waals surface area contributed by atoms with E-state index in [1.165, 1.54) is 29.8 Å². The number of aliphatic hydroxyl groups excluding tert-OH is 1. The minimum atomic E-state index is -1.42. The summed E-state index contributed by atoms with van der Waals surface area (Å²) >= 11 is 0. The Morgan fingerprint density at radius 3 is 2.46 bits per heavy atom. The molecule has 1 unspecified atom stereocenters. The van der Waals surface area contributed by atoms with Gasteiger partial charge in [0.2, 0.25) is 12.7 Å². The van der Waals surface area contributed by atoms with Crippen LogP contribution in [0.5, 0.6) is 0 Å². The number of amides is 3. The van der Waals surface area contributed by atoms with E-state index in [2.05, 4.69) is 10.1 Å². The maximum absolute atomic E-state index is 13.1. The largest absolute Gasteiger partial charge is 0.426 e. The lowest BCUT2D eigenvalue weighted by molar-refractivity contribution is -0.160. The second kappa shape index (κ2) is 11.3. The van der Waals surface area contributed by atoms with Crippen molar-refractivity contribution in [3.05, 3.63) is 52.3 Å². The van der Waals surface area contributed by atoms with Gasteiger partial charge in [-0.05, 0) is 51.0 Å². The van der Waals surface area contributed by atoms with Gasteiger partial charge in [-0.25, -0.2) is 14.5 Å². The number of aliphatic hydroxyl groups is 1. The summed E-state index contributed by atoms with van der Waals surface area (Å²) in [5.41, 5.74) is 7.09. The molecule has 2 rings (SSSR count). The number of carbonyl (C=O) groups is 4. The molecule has 12 heteroatoms. The van der Waals surface area contributed by atoms with Gasteiger partial charge in [0, 0.05) is 25.4 Å². The van der Waals surface area contributed by atoms with Crippen molar-refractivity contribution in [2.24, 2.45) is 12.8 Å². The summed E-state index contributed by atoms with van der Waals surface area (Å²) < 4.78 is 11.2. The fraction of sp³-hybridized carbons (Fsp3) is 0.348. The van der Waals surface area contributed by atoms with Crippen LogP contribution in [0.4, 0.5) is 10.5 Å². The predicted molar refractivity (Wildman–Crippen MR) is 126 cm³/mol. The highest BCUT2D eigenvalue weighted by Crippen LogP contribution is 2.27.